The highest BCUT2D eigenvalue weighted by Crippen LogP contribution is 2.31. The van der Waals surface area contributed by atoms with Crippen molar-refractivity contribution >= 4 is 0 Å². The second-order valence-corrected chi connectivity index (χ2v) is 5.61. The molecule has 1 aliphatic rings. The minimum atomic E-state index is 0.0850. The fourth-order valence-corrected chi connectivity index (χ4v) is 2.52. The molecule has 1 atom stereocenters. The maximum absolute atomic E-state index is 9.70. The van der Waals surface area contributed by atoms with E-state index < -0.39 is 0 Å². The lowest BCUT2D eigenvalue weighted by molar-refractivity contribution is -0.0352. The van der Waals surface area contributed by atoms with Crippen LogP contribution >= 0.6 is 0 Å². The molecule has 1 heterocycles. The van der Waals surface area contributed by atoms with Crippen molar-refractivity contribution in [3.05, 3.63) is 0 Å². The summed E-state index contributed by atoms with van der Waals surface area (Å²) in [5, 5.41) is 9.70. The summed E-state index contributed by atoms with van der Waals surface area (Å²) < 4.78 is 5.41. The van der Waals surface area contributed by atoms with Crippen LogP contribution in [0.5, 0.6) is 0 Å². The summed E-state index contributed by atoms with van der Waals surface area (Å²) in [6, 6.07) is 0. The van der Waals surface area contributed by atoms with Crippen LogP contribution in [0.25, 0.3) is 0 Å². The predicted octanol–water partition coefficient (Wildman–Crippen LogP) is 2.14. The molecule has 1 unspecified atom stereocenters. The van der Waals surface area contributed by atoms with E-state index in [0.717, 1.165) is 51.6 Å². The smallest absolute Gasteiger partial charge is 0.0501 e. The van der Waals surface area contributed by atoms with Crippen LogP contribution in [0.15, 0.2) is 0 Å². The summed E-state index contributed by atoms with van der Waals surface area (Å²) in [6.45, 7) is 11.9. The molecular formula is C14H29NO2. The number of hydrogen-bond acceptors (Lipinski definition) is 3. The molecule has 0 spiro atoms. The van der Waals surface area contributed by atoms with Gasteiger partial charge in [0.1, 0.15) is 0 Å². The first-order chi connectivity index (χ1) is 8.15. The minimum absolute atomic E-state index is 0.0850. The van der Waals surface area contributed by atoms with Crippen LogP contribution in [0.1, 0.15) is 40.0 Å². The zero-order valence-electron chi connectivity index (χ0n) is 11.7. The second-order valence-electron chi connectivity index (χ2n) is 5.61. The third-order valence-corrected chi connectivity index (χ3v) is 4.16. The van der Waals surface area contributed by atoms with Crippen molar-refractivity contribution in [2.75, 3.05) is 39.5 Å². The lowest BCUT2D eigenvalue weighted by atomic mass is 9.80. The molecule has 0 radical (unpaired) electrons. The summed E-state index contributed by atoms with van der Waals surface area (Å²) in [5.41, 5.74) is 0.0850. The largest absolute Gasteiger partial charge is 0.396 e. The van der Waals surface area contributed by atoms with Crippen LogP contribution < -0.4 is 0 Å². The first-order valence-electron chi connectivity index (χ1n) is 7.06. The monoisotopic (exact) mass is 243 g/mol. The molecule has 0 bridgehead atoms. The van der Waals surface area contributed by atoms with E-state index in [1.165, 1.54) is 6.42 Å². The number of aliphatic hydroxyl groups excluding tert-OH is 1. The lowest BCUT2D eigenvalue weighted by Gasteiger charge is -2.40. The molecule has 1 rings (SSSR count). The zero-order chi connectivity index (χ0) is 12.7. The summed E-state index contributed by atoms with van der Waals surface area (Å²) in [4.78, 5) is 2.50. The van der Waals surface area contributed by atoms with Crippen LogP contribution in [-0.2, 0) is 4.74 Å². The average molecular weight is 243 g/mol. The number of aliphatic hydroxyl groups is 1. The van der Waals surface area contributed by atoms with E-state index in [-0.39, 0.29) is 5.41 Å². The van der Waals surface area contributed by atoms with E-state index in [0.29, 0.717) is 6.61 Å². The van der Waals surface area contributed by atoms with Crippen molar-refractivity contribution in [3.8, 4) is 0 Å². The molecule has 0 aromatic rings. The molecule has 102 valence electrons. The zero-order valence-corrected chi connectivity index (χ0v) is 11.7. The van der Waals surface area contributed by atoms with E-state index in [1.807, 2.05) is 0 Å². The third-order valence-electron chi connectivity index (χ3n) is 4.16. The molecule has 1 N–H and O–H groups in total. The molecule has 1 saturated heterocycles. The molecule has 0 aromatic heterocycles. The van der Waals surface area contributed by atoms with E-state index in [9.17, 15) is 5.11 Å². The van der Waals surface area contributed by atoms with Gasteiger partial charge in [-0.25, -0.2) is 0 Å². The Morgan fingerprint density at radius 2 is 1.94 bits per heavy atom. The molecule has 3 heteroatoms. The first kappa shape index (κ1) is 14.9. The maximum Gasteiger partial charge on any atom is 0.0501 e. The highest BCUT2D eigenvalue weighted by molar-refractivity contribution is 4.84. The van der Waals surface area contributed by atoms with Gasteiger partial charge in [-0.3, -0.25) is 0 Å². The van der Waals surface area contributed by atoms with E-state index in [2.05, 4.69) is 25.7 Å². The van der Waals surface area contributed by atoms with Crippen molar-refractivity contribution in [1.29, 1.82) is 0 Å². The van der Waals surface area contributed by atoms with Gasteiger partial charge in [-0.2, -0.15) is 0 Å². The van der Waals surface area contributed by atoms with Gasteiger partial charge in [-0.1, -0.05) is 27.2 Å². The van der Waals surface area contributed by atoms with E-state index in [1.54, 1.807) is 0 Å². The fraction of sp³-hybridized carbons (Fsp3) is 1.00. The quantitative estimate of drug-likeness (QED) is 0.743. The molecule has 1 fully saturated rings. The van der Waals surface area contributed by atoms with Gasteiger partial charge in [0, 0.05) is 31.7 Å². The molecule has 0 aromatic carbocycles. The van der Waals surface area contributed by atoms with Gasteiger partial charge in [0.15, 0.2) is 0 Å². The summed E-state index contributed by atoms with van der Waals surface area (Å²) in [5.74, 6) is 0.741. The maximum atomic E-state index is 9.70. The van der Waals surface area contributed by atoms with Crippen LogP contribution in [0.3, 0.4) is 0 Å². The van der Waals surface area contributed by atoms with Gasteiger partial charge in [-0.15, -0.1) is 0 Å². The van der Waals surface area contributed by atoms with Crippen molar-refractivity contribution in [2.24, 2.45) is 11.3 Å². The molecule has 0 amide bonds. The third kappa shape index (κ3) is 4.57. The Balaban J connectivity index is 2.51. The number of nitrogens with zero attached hydrogens (tertiary/aromatic N) is 1. The highest BCUT2D eigenvalue weighted by Gasteiger charge is 2.33. The standard InChI is InChI=1S/C14H29NO2/c1-4-13(3)10-15(5-2)11-14(12-16)6-8-17-9-7-14/h13,16H,4-12H2,1-3H3. The number of rotatable bonds is 7. The topological polar surface area (TPSA) is 32.7 Å². The Kier molecular flexibility index (Phi) is 6.45. The van der Waals surface area contributed by atoms with Gasteiger partial charge in [0.05, 0.1) is 6.61 Å². The van der Waals surface area contributed by atoms with Crippen molar-refractivity contribution < 1.29 is 9.84 Å². The Labute approximate surface area is 106 Å². The Hall–Kier alpha value is -0.120. The lowest BCUT2D eigenvalue weighted by Crippen LogP contribution is -2.45. The number of ether oxygens (including phenoxy) is 1. The average Bonchev–Trinajstić information content (AvgIpc) is 2.38. The molecule has 1 aliphatic heterocycles. The SMILES string of the molecule is CCC(C)CN(CC)CC1(CO)CCOCC1. The fourth-order valence-electron chi connectivity index (χ4n) is 2.52. The van der Waals surface area contributed by atoms with E-state index in [4.69, 9.17) is 4.74 Å². The normalized spacial score (nSPS) is 21.7. The van der Waals surface area contributed by atoms with Crippen LogP contribution in [-0.4, -0.2) is 49.5 Å². The summed E-state index contributed by atoms with van der Waals surface area (Å²) in [7, 11) is 0. The molecular weight excluding hydrogens is 214 g/mol. The van der Waals surface area contributed by atoms with Gasteiger partial charge in [0.25, 0.3) is 0 Å². The number of hydrogen-bond donors (Lipinski definition) is 1. The van der Waals surface area contributed by atoms with Gasteiger partial charge < -0.3 is 14.7 Å². The second kappa shape index (κ2) is 7.34. The van der Waals surface area contributed by atoms with E-state index >= 15 is 0 Å². The summed E-state index contributed by atoms with van der Waals surface area (Å²) >= 11 is 0. The van der Waals surface area contributed by atoms with Crippen molar-refractivity contribution in [2.45, 2.75) is 40.0 Å². The molecule has 0 saturated carbocycles. The molecule has 3 nitrogen and oxygen atoms in total. The van der Waals surface area contributed by atoms with Crippen LogP contribution in [0.4, 0.5) is 0 Å². The Bertz CT molecular complexity index is 202. The van der Waals surface area contributed by atoms with Gasteiger partial charge >= 0.3 is 0 Å². The minimum Gasteiger partial charge on any atom is -0.396 e. The summed E-state index contributed by atoms with van der Waals surface area (Å²) in [6.07, 6.45) is 3.23. The van der Waals surface area contributed by atoms with Crippen molar-refractivity contribution in [3.63, 3.8) is 0 Å². The predicted molar refractivity (Wildman–Crippen MR) is 71.1 cm³/mol. The first-order valence-corrected chi connectivity index (χ1v) is 7.06. The highest BCUT2D eigenvalue weighted by atomic mass is 16.5. The van der Waals surface area contributed by atoms with Crippen LogP contribution in [0.2, 0.25) is 0 Å². The molecule has 0 aliphatic carbocycles. The Morgan fingerprint density at radius 3 is 2.41 bits per heavy atom. The molecule has 17 heavy (non-hydrogen) atoms. The van der Waals surface area contributed by atoms with Crippen LogP contribution in [0, 0.1) is 11.3 Å². The van der Waals surface area contributed by atoms with Gasteiger partial charge in [-0.05, 0) is 25.3 Å². The van der Waals surface area contributed by atoms with Gasteiger partial charge in [0.2, 0.25) is 0 Å². The Morgan fingerprint density at radius 1 is 1.29 bits per heavy atom. The van der Waals surface area contributed by atoms with Crippen molar-refractivity contribution in [1.82, 2.24) is 4.90 Å².